The molecule has 2 heterocycles. The summed E-state index contributed by atoms with van der Waals surface area (Å²) in [7, 11) is 0. The normalized spacial score (nSPS) is 27.6. The number of halogens is 1. The number of carbonyl (C=O) groups excluding carboxylic acids is 1. The third kappa shape index (κ3) is 3.82. The lowest BCUT2D eigenvalue weighted by atomic mass is 9.89. The highest BCUT2D eigenvalue weighted by Gasteiger charge is 2.33. The Morgan fingerprint density at radius 3 is 2.67 bits per heavy atom. The van der Waals surface area contributed by atoms with E-state index in [-0.39, 0.29) is 11.7 Å². The van der Waals surface area contributed by atoms with E-state index in [0.717, 1.165) is 12.8 Å². The number of hydrogen-bond donors (Lipinski definition) is 2. The van der Waals surface area contributed by atoms with Crippen LogP contribution in [0.4, 0.5) is 4.39 Å². The maximum Gasteiger partial charge on any atom is 0.220 e. The summed E-state index contributed by atoms with van der Waals surface area (Å²) in [5.41, 5.74) is 0.665. The van der Waals surface area contributed by atoms with Crippen LogP contribution in [-0.4, -0.2) is 24.5 Å². The summed E-state index contributed by atoms with van der Waals surface area (Å²) in [6.07, 6.45) is 5.93. The molecule has 21 heavy (non-hydrogen) atoms. The molecule has 3 nitrogen and oxygen atoms in total. The molecule has 2 aliphatic rings. The minimum atomic E-state index is -0.193. The second-order valence-electron chi connectivity index (χ2n) is 6.37. The highest BCUT2D eigenvalue weighted by molar-refractivity contribution is 5.76. The zero-order valence-corrected chi connectivity index (χ0v) is 12.3. The predicted molar refractivity (Wildman–Crippen MR) is 80.4 cm³/mol. The van der Waals surface area contributed by atoms with Crippen LogP contribution in [0.5, 0.6) is 0 Å². The second kappa shape index (κ2) is 6.56. The number of rotatable bonds is 5. The van der Waals surface area contributed by atoms with Crippen LogP contribution in [0.15, 0.2) is 24.3 Å². The van der Waals surface area contributed by atoms with Crippen LogP contribution >= 0.6 is 0 Å². The molecule has 0 saturated carbocycles. The molecule has 0 spiro atoms. The van der Waals surface area contributed by atoms with Crippen molar-refractivity contribution in [2.45, 2.75) is 50.6 Å². The van der Waals surface area contributed by atoms with E-state index in [9.17, 15) is 9.18 Å². The quantitative estimate of drug-likeness (QED) is 0.874. The molecule has 0 aromatic heterocycles. The highest BCUT2D eigenvalue weighted by Crippen LogP contribution is 2.32. The maximum atomic E-state index is 13.5. The Bertz CT molecular complexity index is 493. The van der Waals surface area contributed by atoms with Crippen molar-refractivity contribution in [2.24, 2.45) is 5.92 Å². The van der Waals surface area contributed by atoms with Crippen molar-refractivity contribution in [1.82, 2.24) is 10.6 Å². The number of amides is 1. The van der Waals surface area contributed by atoms with Crippen molar-refractivity contribution < 1.29 is 9.18 Å². The SMILES string of the molecule is O=C(CC1CC2CCC(C1)N2)NCCc1ccccc1F. The highest BCUT2D eigenvalue weighted by atomic mass is 19.1. The lowest BCUT2D eigenvalue weighted by molar-refractivity contribution is -0.122. The number of carbonyl (C=O) groups is 1. The third-order valence-corrected chi connectivity index (χ3v) is 4.72. The Labute approximate surface area is 125 Å². The largest absolute Gasteiger partial charge is 0.356 e. The van der Waals surface area contributed by atoms with Gasteiger partial charge in [-0.15, -0.1) is 0 Å². The summed E-state index contributed by atoms with van der Waals surface area (Å²) in [4.78, 5) is 12.0. The standard InChI is InChI=1S/C17H23FN2O/c18-16-4-2-1-3-13(16)7-8-19-17(21)11-12-9-14-5-6-15(10-12)20-14/h1-4,12,14-15,20H,5-11H2,(H,19,21). The molecule has 2 fully saturated rings. The van der Waals surface area contributed by atoms with Gasteiger partial charge in [-0.1, -0.05) is 18.2 Å². The summed E-state index contributed by atoms with van der Waals surface area (Å²) < 4.78 is 13.5. The van der Waals surface area contributed by atoms with Crippen LogP contribution in [0, 0.1) is 11.7 Å². The smallest absolute Gasteiger partial charge is 0.220 e. The topological polar surface area (TPSA) is 41.1 Å². The molecule has 1 amide bonds. The summed E-state index contributed by atoms with van der Waals surface area (Å²) >= 11 is 0. The van der Waals surface area contributed by atoms with Gasteiger partial charge >= 0.3 is 0 Å². The Kier molecular flexibility index (Phi) is 4.54. The van der Waals surface area contributed by atoms with Crippen molar-refractivity contribution in [1.29, 1.82) is 0 Å². The molecule has 1 aromatic rings. The Morgan fingerprint density at radius 2 is 1.95 bits per heavy atom. The molecule has 2 bridgehead atoms. The van der Waals surface area contributed by atoms with Gasteiger partial charge in [-0.05, 0) is 49.7 Å². The zero-order chi connectivity index (χ0) is 14.7. The Hall–Kier alpha value is -1.42. The fourth-order valence-corrected chi connectivity index (χ4v) is 3.71. The lowest BCUT2D eigenvalue weighted by Gasteiger charge is -2.28. The molecule has 4 heteroatoms. The molecule has 2 N–H and O–H groups in total. The van der Waals surface area contributed by atoms with E-state index in [2.05, 4.69) is 10.6 Å². The van der Waals surface area contributed by atoms with Gasteiger partial charge in [0.15, 0.2) is 0 Å². The van der Waals surface area contributed by atoms with Gasteiger partial charge in [-0.2, -0.15) is 0 Å². The molecular weight excluding hydrogens is 267 g/mol. The number of hydrogen-bond acceptors (Lipinski definition) is 2. The molecule has 0 aliphatic carbocycles. The fourth-order valence-electron chi connectivity index (χ4n) is 3.71. The minimum absolute atomic E-state index is 0.109. The van der Waals surface area contributed by atoms with Crippen molar-refractivity contribution in [2.75, 3.05) is 6.54 Å². The van der Waals surface area contributed by atoms with Gasteiger partial charge in [0.2, 0.25) is 5.91 Å². The van der Waals surface area contributed by atoms with Crippen LogP contribution in [0.1, 0.15) is 37.7 Å². The molecule has 2 atom stereocenters. The molecule has 2 saturated heterocycles. The van der Waals surface area contributed by atoms with Crippen molar-refractivity contribution in [3.63, 3.8) is 0 Å². The molecule has 114 valence electrons. The van der Waals surface area contributed by atoms with Crippen LogP contribution in [0.2, 0.25) is 0 Å². The summed E-state index contributed by atoms with van der Waals surface area (Å²) in [5.74, 6) is 0.427. The first-order chi connectivity index (χ1) is 10.2. The van der Waals surface area contributed by atoms with Gasteiger partial charge in [0.1, 0.15) is 5.82 Å². The molecule has 3 rings (SSSR count). The molecular formula is C17H23FN2O. The maximum absolute atomic E-state index is 13.5. The van der Waals surface area contributed by atoms with E-state index < -0.39 is 0 Å². The average molecular weight is 290 g/mol. The first-order valence-corrected chi connectivity index (χ1v) is 7.97. The molecule has 1 aromatic carbocycles. The summed E-state index contributed by atoms with van der Waals surface area (Å²) in [6.45, 7) is 0.512. The van der Waals surface area contributed by atoms with E-state index in [1.807, 2.05) is 6.07 Å². The molecule has 2 unspecified atom stereocenters. The van der Waals surface area contributed by atoms with Gasteiger partial charge in [0, 0.05) is 25.0 Å². The monoisotopic (exact) mass is 290 g/mol. The van der Waals surface area contributed by atoms with Crippen molar-refractivity contribution >= 4 is 5.91 Å². The van der Waals surface area contributed by atoms with E-state index in [1.165, 1.54) is 18.9 Å². The molecule has 0 radical (unpaired) electrons. The van der Waals surface area contributed by atoms with Crippen molar-refractivity contribution in [3.8, 4) is 0 Å². The zero-order valence-electron chi connectivity index (χ0n) is 12.3. The number of benzene rings is 1. The van der Waals surface area contributed by atoms with Gasteiger partial charge < -0.3 is 10.6 Å². The first kappa shape index (κ1) is 14.5. The minimum Gasteiger partial charge on any atom is -0.356 e. The fraction of sp³-hybridized carbons (Fsp3) is 0.588. The summed E-state index contributed by atoms with van der Waals surface area (Å²) in [5, 5.41) is 6.52. The first-order valence-electron chi connectivity index (χ1n) is 7.97. The second-order valence-corrected chi connectivity index (χ2v) is 6.37. The van der Waals surface area contributed by atoms with E-state index in [0.29, 0.717) is 43.0 Å². The number of nitrogens with one attached hydrogen (secondary N) is 2. The number of piperidine rings is 1. The van der Waals surface area contributed by atoms with E-state index in [4.69, 9.17) is 0 Å². The van der Waals surface area contributed by atoms with Crippen molar-refractivity contribution in [3.05, 3.63) is 35.6 Å². The van der Waals surface area contributed by atoms with Gasteiger partial charge in [0.25, 0.3) is 0 Å². The van der Waals surface area contributed by atoms with E-state index in [1.54, 1.807) is 12.1 Å². The summed E-state index contributed by atoms with van der Waals surface area (Å²) in [6, 6.07) is 7.99. The van der Waals surface area contributed by atoms with E-state index >= 15 is 0 Å². The lowest BCUT2D eigenvalue weighted by Crippen LogP contribution is -2.39. The predicted octanol–water partition coefficient (Wildman–Crippen LogP) is 2.41. The Morgan fingerprint density at radius 1 is 1.24 bits per heavy atom. The van der Waals surface area contributed by atoms with Gasteiger partial charge in [0.05, 0.1) is 0 Å². The average Bonchev–Trinajstić information content (AvgIpc) is 2.80. The Balaban J connectivity index is 1.40. The van der Waals surface area contributed by atoms with Gasteiger partial charge in [-0.3, -0.25) is 4.79 Å². The van der Waals surface area contributed by atoms with Crippen LogP contribution in [-0.2, 0) is 11.2 Å². The van der Waals surface area contributed by atoms with Crippen LogP contribution < -0.4 is 10.6 Å². The van der Waals surface area contributed by atoms with Crippen LogP contribution in [0.25, 0.3) is 0 Å². The van der Waals surface area contributed by atoms with Crippen LogP contribution in [0.3, 0.4) is 0 Å². The van der Waals surface area contributed by atoms with Gasteiger partial charge in [-0.25, -0.2) is 4.39 Å². The number of fused-ring (bicyclic) bond motifs is 2. The molecule has 2 aliphatic heterocycles. The third-order valence-electron chi connectivity index (χ3n) is 4.72.